The van der Waals surface area contributed by atoms with Crippen LogP contribution >= 0.6 is 0 Å². The van der Waals surface area contributed by atoms with E-state index in [0.717, 1.165) is 11.1 Å². The molecule has 2 N–H and O–H groups in total. The minimum atomic E-state index is -0.189. The Morgan fingerprint density at radius 2 is 1.68 bits per heavy atom. The highest BCUT2D eigenvalue weighted by Crippen LogP contribution is 2.16. The van der Waals surface area contributed by atoms with E-state index < -0.39 is 0 Å². The highest BCUT2D eigenvalue weighted by atomic mass is 16.5. The smallest absolute Gasteiger partial charge is 0.313 e. The summed E-state index contributed by atoms with van der Waals surface area (Å²) in [4.78, 5) is 16.0. The van der Waals surface area contributed by atoms with Gasteiger partial charge in [-0.1, -0.05) is 65.8 Å². The lowest BCUT2D eigenvalue weighted by atomic mass is 10.1. The van der Waals surface area contributed by atoms with Crippen LogP contribution in [0.1, 0.15) is 5.56 Å². The van der Waals surface area contributed by atoms with E-state index in [0.29, 0.717) is 5.82 Å². The van der Waals surface area contributed by atoms with Gasteiger partial charge < -0.3 is 4.52 Å². The van der Waals surface area contributed by atoms with Gasteiger partial charge in [0, 0.05) is 5.56 Å². The molecule has 2 aromatic carbocycles. The highest BCUT2D eigenvalue weighted by Gasteiger charge is 2.09. The van der Waals surface area contributed by atoms with Crippen LogP contribution < -0.4 is 10.9 Å². The molecule has 0 aliphatic carbocycles. The quantitative estimate of drug-likeness (QED) is 0.706. The first-order valence-corrected chi connectivity index (χ1v) is 6.79. The summed E-state index contributed by atoms with van der Waals surface area (Å²) < 4.78 is 5.03. The van der Waals surface area contributed by atoms with Crippen LogP contribution in [0.25, 0.3) is 11.4 Å². The number of benzene rings is 2. The summed E-state index contributed by atoms with van der Waals surface area (Å²) >= 11 is 0. The minimum Gasteiger partial charge on any atom is -0.313 e. The highest BCUT2D eigenvalue weighted by molar-refractivity contribution is 5.79. The van der Waals surface area contributed by atoms with Gasteiger partial charge in [-0.25, -0.2) is 5.43 Å². The van der Waals surface area contributed by atoms with Crippen molar-refractivity contribution in [3.63, 3.8) is 0 Å². The lowest BCUT2D eigenvalue weighted by Crippen LogP contribution is -2.30. The molecule has 3 rings (SSSR count). The second-order valence-corrected chi connectivity index (χ2v) is 4.62. The Hall–Kier alpha value is -3.15. The van der Waals surface area contributed by atoms with Crippen molar-refractivity contribution >= 4 is 11.9 Å². The zero-order valence-corrected chi connectivity index (χ0v) is 11.7. The zero-order valence-electron chi connectivity index (χ0n) is 11.7. The molecular formula is C16H14N4O2. The van der Waals surface area contributed by atoms with E-state index in [1.165, 1.54) is 0 Å². The van der Waals surface area contributed by atoms with Crippen molar-refractivity contribution in [2.75, 3.05) is 5.43 Å². The van der Waals surface area contributed by atoms with Crippen LogP contribution in [0.4, 0.5) is 6.01 Å². The Morgan fingerprint density at radius 1 is 1.00 bits per heavy atom. The summed E-state index contributed by atoms with van der Waals surface area (Å²) in [5.74, 6) is 0.270. The molecule has 0 unspecified atom stereocenters. The zero-order chi connectivity index (χ0) is 15.2. The molecule has 1 amide bonds. The number of amides is 1. The molecule has 0 fully saturated rings. The van der Waals surface area contributed by atoms with Crippen molar-refractivity contribution in [1.82, 2.24) is 15.6 Å². The number of hydrazine groups is 1. The third-order valence-electron chi connectivity index (χ3n) is 2.97. The lowest BCUT2D eigenvalue weighted by Gasteiger charge is -2.04. The number of aromatic nitrogens is 2. The van der Waals surface area contributed by atoms with E-state index >= 15 is 0 Å². The molecule has 0 saturated heterocycles. The van der Waals surface area contributed by atoms with Crippen molar-refractivity contribution in [3.05, 3.63) is 66.2 Å². The molecule has 0 aliphatic heterocycles. The van der Waals surface area contributed by atoms with Crippen molar-refractivity contribution < 1.29 is 9.32 Å². The molecule has 6 heteroatoms. The van der Waals surface area contributed by atoms with Crippen LogP contribution in [0.2, 0.25) is 0 Å². The largest absolute Gasteiger partial charge is 0.340 e. The molecule has 0 radical (unpaired) electrons. The van der Waals surface area contributed by atoms with Gasteiger partial charge >= 0.3 is 6.01 Å². The van der Waals surface area contributed by atoms with Gasteiger partial charge in [0.15, 0.2) is 0 Å². The first-order valence-electron chi connectivity index (χ1n) is 6.79. The first kappa shape index (κ1) is 13.8. The maximum Gasteiger partial charge on any atom is 0.340 e. The molecule has 1 aromatic heterocycles. The summed E-state index contributed by atoms with van der Waals surface area (Å²) in [6.45, 7) is 0. The van der Waals surface area contributed by atoms with E-state index in [-0.39, 0.29) is 18.3 Å². The minimum absolute atomic E-state index is 0.139. The van der Waals surface area contributed by atoms with Crippen molar-refractivity contribution in [2.24, 2.45) is 0 Å². The molecule has 0 aliphatic rings. The van der Waals surface area contributed by atoms with Gasteiger partial charge in [0.1, 0.15) is 0 Å². The third-order valence-corrected chi connectivity index (χ3v) is 2.97. The normalized spacial score (nSPS) is 10.2. The Labute approximate surface area is 127 Å². The molecule has 6 nitrogen and oxygen atoms in total. The second-order valence-electron chi connectivity index (χ2n) is 4.62. The number of nitrogens with one attached hydrogen (secondary N) is 2. The molecule has 0 bridgehead atoms. The standard InChI is InChI=1S/C16H14N4O2/c21-14(11-12-7-3-1-4-8-12)18-19-16-17-15(20-22-16)13-9-5-2-6-10-13/h1-10H,11H2,(H,18,21)(H,17,19,20). The Kier molecular flexibility index (Phi) is 4.10. The van der Waals surface area contributed by atoms with E-state index in [4.69, 9.17) is 4.52 Å². The molecule has 1 heterocycles. The Bertz CT molecular complexity index is 741. The van der Waals surface area contributed by atoms with Crippen LogP contribution in [0.5, 0.6) is 0 Å². The number of carbonyl (C=O) groups excluding carboxylic acids is 1. The predicted molar refractivity (Wildman–Crippen MR) is 81.6 cm³/mol. The van der Waals surface area contributed by atoms with Crippen LogP contribution in [-0.4, -0.2) is 16.0 Å². The van der Waals surface area contributed by atoms with Crippen LogP contribution in [0.3, 0.4) is 0 Å². The number of nitrogens with zero attached hydrogens (tertiary/aromatic N) is 2. The summed E-state index contributed by atoms with van der Waals surface area (Å²) in [5.41, 5.74) is 6.91. The Morgan fingerprint density at radius 3 is 2.41 bits per heavy atom. The average molecular weight is 294 g/mol. The summed E-state index contributed by atoms with van der Waals surface area (Å²) in [7, 11) is 0. The molecule has 0 saturated carbocycles. The monoisotopic (exact) mass is 294 g/mol. The van der Waals surface area contributed by atoms with E-state index in [9.17, 15) is 4.79 Å². The number of rotatable bonds is 5. The summed E-state index contributed by atoms with van der Waals surface area (Å²) in [6.07, 6.45) is 0.271. The van der Waals surface area contributed by atoms with Crippen LogP contribution in [-0.2, 0) is 11.2 Å². The van der Waals surface area contributed by atoms with E-state index in [1.807, 2.05) is 60.7 Å². The molecule has 22 heavy (non-hydrogen) atoms. The lowest BCUT2D eigenvalue weighted by molar-refractivity contribution is -0.120. The molecule has 3 aromatic rings. The van der Waals surface area contributed by atoms with Crippen molar-refractivity contribution in [3.8, 4) is 11.4 Å². The SMILES string of the molecule is O=C(Cc1ccccc1)NNc1nc(-c2ccccc2)no1. The van der Waals surface area contributed by atoms with Gasteiger partial charge in [-0.2, -0.15) is 4.98 Å². The van der Waals surface area contributed by atoms with Gasteiger partial charge in [0.05, 0.1) is 6.42 Å². The molecule has 0 spiro atoms. The fraction of sp³-hybridized carbons (Fsp3) is 0.0625. The number of anilines is 1. The number of hydrogen-bond donors (Lipinski definition) is 2. The van der Waals surface area contributed by atoms with Crippen molar-refractivity contribution in [2.45, 2.75) is 6.42 Å². The van der Waals surface area contributed by atoms with Crippen LogP contribution in [0.15, 0.2) is 65.2 Å². The van der Waals surface area contributed by atoms with Gasteiger partial charge in [0.2, 0.25) is 11.7 Å². The van der Waals surface area contributed by atoms with Gasteiger partial charge in [0.25, 0.3) is 0 Å². The summed E-state index contributed by atoms with van der Waals surface area (Å²) in [5, 5.41) is 3.85. The molecule has 0 atom stereocenters. The first-order chi connectivity index (χ1) is 10.8. The molecular weight excluding hydrogens is 280 g/mol. The number of hydrogen-bond acceptors (Lipinski definition) is 5. The predicted octanol–water partition coefficient (Wildman–Crippen LogP) is 2.42. The maximum absolute atomic E-state index is 11.8. The topological polar surface area (TPSA) is 80.0 Å². The van der Waals surface area contributed by atoms with Crippen LogP contribution in [0, 0.1) is 0 Å². The van der Waals surface area contributed by atoms with Gasteiger partial charge in [-0.05, 0) is 5.56 Å². The van der Waals surface area contributed by atoms with Gasteiger partial charge in [-0.15, -0.1) is 0 Å². The fourth-order valence-electron chi connectivity index (χ4n) is 1.93. The molecule has 110 valence electrons. The fourth-order valence-corrected chi connectivity index (χ4v) is 1.93. The van der Waals surface area contributed by atoms with E-state index in [1.54, 1.807) is 0 Å². The maximum atomic E-state index is 11.8. The average Bonchev–Trinajstić information content (AvgIpc) is 3.04. The number of carbonyl (C=O) groups is 1. The third kappa shape index (κ3) is 3.49. The second kappa shape index (κ2) is 6.53. The van der Waals surface area contributed by atoms with E-state index in [2.05, 4.69) is 21.0 Å². The van der Waals surface area contributed by atoms with Crippen molar-refractivity contribution in [1.29, 1.82) is 0 Å². The summed E-state index contributed by atoms with van der Waals surface area (Å²) in [6, 6.07) is 19.0. The Balaban J connectivity index is 1.56. The van der Waals surface area contributed by atoms with Gasteiger partial charge in [-0.3, -0.25) is 10.2 Å².